The monoisotopic (exact) mass is 213 g/mol. The predicted molar refractivity (Wildman–Crippen MR) is 62.5 cm³/mol. The highest BCUT2D eigenvalue weighted by molar-refractivity contribution is 5.43. The lowest BCUT2D eigenvalue weighted by atomic mass is 9.77. The van der Waals surface area contributed by atoms with Gasteiger partial charge >= 0.3 is 0 Å². The Hall–Kier alpha value is -1.64. The maximum atomic E-state index is 4.56. The van der Waals surface area contributed by atoms with Gasteiger partial charge in [0.25, 0.3) is 0 Å². The molecule has 1 aromatic heterocycles. The van der Waals surface area contributed by atoms with Gasteiger partial charge in [-0.3, -0.25) is 5.10 Å². The van der Waals surface area contributed by atoms with E-state index in [0.29, 0.717) is 11.8 Å². The number of rotatable bonds is 2. The summed E-state index contributed by atoms with van der Waals surface area (Å²) in [6.07, 6.45) is 1.09. The van der Waals surface area contributed by atoms with Crippen LogP contribution >= 0.6 is 0 Å². The molecule has 2 aromatic rings. The number of aromatic nitrogens is 3. The average molecular weight is 213 g/mol. The molecule has 1 aliphatic rings. The molecule has 0 spiro atoms. The van der Waals surface area contributed by atoms with Gasteiger partial charge in [-0.05, 0) is 17.5 Å². The van der Waals surface area contributed by atoms with Crippen molar-refractivity contribution in [3.8, 4) is 0 Å². The molecule has 1 aliphatic carbocycles. The van der Waals surface area contributed by atoms with Crippen molar-refractivity contribution < 1.29 is 0 Å². The van der Waals surface area contributed by atoms with Crippen LogP contribution in [0.25, 0.3) is 0 Å². The van der Waals surface area contributed by atoms with Crippen molar-refractivity contribution >= 4 is 0 Å². The summed E-state index contributed by atoms with van der Waals surface area (Å²) in [5, 5.41) is 7.32. The highest BCUT2D eigenvalue weighted by Gasteiger charge is 2.29. The summed E-state index contributed by atoms with van der Waals surface area (Å²) in [5.74, 6) is 2.75. The second kappa shape index (κ2) is 3.44. The number of aromatic amines is 1. The van der Waals surface area contributed by atoms with Gasteiger partial charge in [0.05, 0.1) is 0 Å². The Morgan fingerprint density at radius 3 is 2.81 bits per heavy atom. The standard InChI is InChI=1S/C13H15N3/c1-8(2)12-14-13(16-15-12)11-7-9-5-3-4-6-10(9)11/h3-6,8,11H,7H2,1-2H3,(H,14,15,16). The summed E-state index contributed by atoms with van der Waals surface area (Å²) in [6.45, 7) is 4.23. The zero-order valence-corrected chi connectivity index (χ0v) is 9.57. The molecule has 16 heavy (non-hydrogen) atoms. The van der Waals surface area contributed by atoms with E-state index in [9.17, 15) is 0 Å². The lowest BCUT2D eigenvalue weighted by Crippen LogP contribution is -2.19. The summed E-state index contributed by atoms with van der Waals surface area (Å²) in [5.41, 5.74) is 2.84. The fraction of sp³-hybridized carbons (Fsp3) is 0.385. The molecule has 1 aromatic carbocycles. The molecule has 1 unspecified atom stereocenters. The molecule has 3 heteroatoms. The number of H-pyrrole nitrogens is 1. The average Bonchev–Trinajstić information content (AvgIpc) is 2.69. The molecule has 1 heterocycles. The van der Waals surface area contributed by atoms with Crippen molar-refractivity contribution in [2.24, 2.45) is 0 Å². The number of hydrogen-bond donors (Lipinski definition) is 1. The first kappa shape index (κ1) is 9.58. The third-order valence-electron chi connectivity index (χ3n) is 3.22. The Labute approximate surface area is 94.9 Å². The number of fused-ring (bicyclic) bond motifs is 1. The summed E-state index contributed by atoms with van der Waals surface area (Å²) < 4.78 is 0. The second-order valence-corrected chi connectivity index (χ2v) is 4.69. The van der Waals surface area contributed by atoms with E-state index in [-0.39, 0.29) is 0 Å². The molecule has 1 atom stereocenters. The van der Waals surface area contributed by atoms with Crippen LogP contribution in [0.2, 0.25) is 0 Å². The molecule has 1 N–H and O–H groups in total. The fourth-order valence-corrected chi connectivity index (χ4v) is 2.20. The highest BCUT2D eigenvalue weighted by Crippen LogP contribution is 2.38. The Morgan fingerprint density at radius 2 is 2.12 bits per heavy atom. The number of nitrogens with zero attached hydrogens (tertiary/aromatic N) is 2. The Kier molecular flexibility index (Phi) is 2.06. The van der Waals surface area contributed by atoms with E-state index in [1.54, 1.807) is 0 Å². The minimum Gasteiger partial charge on any atom is -0.263 e. The van der Waals surface area contributed by atoms with Gasteiger partial charge in [0.1, 0.15) is 5.82 Å². The molecule has 3 nitrogen and oxygen atoms in total. The van der Waals surface area contributed by atoms with Crippen LogP contribution in [-0.2, 0) is 6.42 Å². The maximum absolute atomic E-state index is 4.56. The van der Waals surface area contributed by atoms with Gasteiger partial charge in [0, 0.05) is 11.8 Å². The molecule has 0 saturated heterocycles. The van der Waals surface area contributed by atoms with E-state index in [4.69, 9.17) is 0 Å². The number of nitrogens with one attached hydrogen (secondary N) is 1. The van der Waals surface area contributed by atoms with Gasteiger partial charge in [-0.2, -0.15) is 5.10 Å². The van der Waals surface area contributed by atoms with Crippen LogP contribution in [0.15, 0.2) is 24.3 Å². The minimum absolute atomic E-state index is 0.389. The van der Waals surface area contributed by atoms with Gasteiger partial charge in [0.2, 0.25) is 0 Å². The minimum atomic E-state index is 0.389. The highest BCUT2D eigenvalue weighted by atomic mass is 15.2. The predicted octanol–water partition coefficient (Wildman–Crippen LogP) is 2.62. The van der Waals surface area contributed by atoms with Gasteiger partial charge in [-0.25, -0.2) is 4.98 Å². The van der Waals surface area contributed by atoms with Crippen molar-refractivity contribution in [2.75, 3.05) is 0 Å². The van der Waals surface area contributed by atoms with Crippen LogP contribution < -0.4 is 0 Å². The quantitative estimate of drug-likeness (QED) is 0.833. The van der Waals surface area contributed by atoms with Crippen LogP contribution in [-0.4, -0.2) is 15.2 Å². The summed E-state index contributed by atoms with van der Waals surface area (Å²) in [7, 11) is 0. The van der Waals surface area contributed by atoms with Gasteiger partial charge in [-0.15, -0.1) is 0 Å². The molecule has 0 aliphatic heterocycles. The van der Waals surface area contributed by atoms with Crippen molar-refractivity contribution in [1.29, 1.82) is 0 Å². The van der Waals surface area contributed by atoms with Crippen LogP contribution in [0.5, 0.6) is 0 Å². The zero-order valence-electron chi connectivity index (χ0n) is 9.57. The van der Waals surface area contributed by atoms with E-state index in [2.05, 4.69) is 53.3 Å². The fourth-order valence-electron chi connectivity index (χ4n) is 2.20. The van der Waals surface area contributed by atoms with E-state index < -0.39 is 0 Å². The largest absolute Gasteiger partial charge is 0.263 e. The lowest BCUT2D eigenvalue weighted by Gasteiger charge is -2.27. The van der Waals surface area contributed by atoms with Crippen LogP contribution in [0.3, 0.4) is 0 Å². The molecule has 0 radical (unpaired) electrons. The van der Waals surface area contributed by atoms with Crippen LogP contribution in [0, 0.1) is 0 Å². The van der Waals surface area contributed by atoms with Crippen molar-refractivity contribution in [3.05, 3.63) is 47.0 Å². The topological polar surface area (TPSA) is 41.6 Å². The normalized spacial score (nSPS) is 18.3. The molecule has 3 rings (SSSR count). The molecular formula is C13H15N3. The Morgan fingerprint density at radius 1 is 1.31 bits per heavy atom. The van der Waals surface area contributed by atoms with E-state index in [0.717, 1.165) is 18.1 Å². The number of benzene rings is 1. The second-order valence-electron chi connectivity index (χ2n) is 4.69. The first-order valence-electron chi connectivity index (χ1n) is 5.75. The molecular weight excluding hydrogens is 198 g/mol. The first-order valence-corrected chi connectivity index (χ1v) is 5.75. The molecule has 0 saturated carbocycles. The Balaban J connectivity index is 1.91. The summed E-state index contributed by atoms with van der Waals surface area (Å²) >= 11 is 0. The van der Waals surface area contributed by atoms with Gasteiger partial charge in [-0.1, -0.05) is 38.1 Å². The summed E-state index contributed by atoms with van der Waals surface area (Å²) in [4.78, 5) is 4.56. The third-order valence-corrected chi connectivity index (χ3v) is 3.22. The molecule has 0 fully saturated rings. The Bertz CT molecular complexity index is 513. The van der Waals surface area contributed by atoms with E-state index in [1.807, 2.05) is 0 Å². The lowest BCUT2D eigenvalue weighted by molar-refractivity contribution is 0.662. The van der Waals surface area contributed by atoms with Crippen molar-refractivity contribution in [1.82, 2.24) is 15.2 Å². The van der Waals surface area contributed by atoms with E-state index in [1.165, 1.54) is 11.1 Å². The maximum Gasteiger partial charge on any atom is 0.153 e. The van der Waals surface area contributed by atoms with Gasteiger partial charge in [0.15, 0.2) is 5.82 Å². The SMILES string of the molecule is CC(C)c1n[nH]c(C2Cc3ccccc32)n1. The van der Waals surface area contributed by atoms with Crippen LogP contribution in [0.1, 0.15) is 48.5 Å². The molecule has 0 amide bonds. The van der Waals surface area contributed by atoms with Crippen LogP contribution in [0.4, 0.5) is 0 Å². The first-order chi connectivity index (χ1) is 7.75. The molecule has 0 bridgehead atoms. The summed E-state index contributed by atoms with van der Waals surface area (Å²) in [6, 6.07) is 8.55. The molecule has 82 valence electrons. The zero-order chi connectivity index (χ0) is 11.1. The smallest absolute Gasteiger partial charge is 0.153 e. The van der Waals surface area contributed by atoms with Crippen molar-refractivity contribution in [2.45, 2.75) is 32.1 Å². The van der Waals surface area contributed by atoms with E-state index >= 15 is 0 Å². The number of hydrogen-bond acceptors (Lipinski definition) is 2. The van der Waals surface area contributed by atoms with Gasteiger partial charge < -0.3 is 0 Å². The van der Waals surface area contributed by atoms with Crippen molar-refractivity contribution in [3.63, 3.8) is 0 Å². The third kappa shape index (κ3) is 1.35.